The summed E-state index contributed by atoms with van der Waals surface area (Å²) in [5.74, 6) is 0.00140. The van der Waals surface area contributed by atoms with E-state index in [1.165, 1.54) is 10.6 Å². The van der Waals surface area contributed by atoms with Crippen molar-refractivity contribution in [2.45, 2.75) is 12.8 Å². The SMILES string of the molecule is Cn1ccc(NC(=O)C2CCCN(S(C)(=O)=O)C2)n1. The summed E-state index contributed by atoms with van der Waals surface area (Å²) in [5, 5.41) is 6.78. The first-order valence-electron chi connectivity index (χ1n) is 6.12. The van der Waals surface area contributed by atoms with E-state index in [0.29, 0.717) is 25.2 Å². The quantitative estimate of drug-likeness (QED) is 0.849. The fourth-order valence-electron chi connectivity index (χ4n) is 2.17. The van der Waals surface area contributed by atoms with Gasteiger partial charge >= 0.3 is 0 Å². The lowest BCUT2D eigenvalue weighted by Crippen LogP contribution is -2.43. The van der Waals surface area contributed by atoms with Crippen LogP contribution in [0.15, 0.2) is 12.3 Å². The fraction of sp³-hybridized carbons (Fsp3) is 0.636. The Bertz CT molecular complexity index is 566. The summed E-state index contributed by atoms with van der Waals surface area (Å²) in [5.41, 5.74) is 0. The number of nitrogens with one attached hydrogen (secondary N) is 1. The summed E-state index contributed by atoms with van der Waals surface area (Å²) in [6, 6.07) is 1.70. The van der Waals surface area contributed by atoms with Crippen LogP contribution in [0.25, 0.3) is 0 Å². The zero-order valence-corrected chi connectivity index (χ0v) is 11.9. The predicted octanol–water partition coefficient (Wildman–Crippen LogP) is 0.0302. The molecule has 7 nitrogen and oxygen atoms in total. The molecule has 0 aromatic carbocycles. The van der Waals surface area contributed by atoms with Gasteiger partial charge in [-0.2, -0.15) is 5.10 Å². The van der Waals surface area contributed by atoms with Crippen LogP contribution in [0.3, 0.4) is 0 Å². The smallest absolute Gasteiger partial charge is 0.230 e. The number of hydrogen-bond acceptors (Lipinski definition) is 4. The van der Waals surface area contributed by atoms with Gasteiger partial charge in [-0.05, 0) is 12.8 Å². The van der Waals surface area contributed by atoms with Gasteiger partial charge in [-0.15, -0.1) is 0 Å². The average molecular weight is 286 g/mol. The van der Waals surface area contributed by atoms with Crippen LogP contribution < -0.4 is 5.32 Å². The minimum absolute atomic E-state index is 0.174. The molecule has 1 aromatic heterocycles. The van der Waals surface area contributed by atoms with E-state index in [-0.39, 0.29) is 18.4 Å². The van der Waals surface area contributed by atoms with Crippen LogP contribution in [0.2, 0.25) is 0 Å². The van der Waals surface area contributed by atoms with E-state index in [9.17, 15) is 13.2 Å². The number of aromatic nitrogens is 2. The number of anilines is 1. The van der Waals surface area contributed by atoms with Crippen LogP contribution >= 0.6 is 0 Å². The zero-order chi connectivity index (χ0) is 14.0. The largest absolute Gasteiger partial charge is 0.309 e. The minimum atomic E-state index is -3.23. The number of sulfonamides is 1. The van der Waals surface area contributed by atoms with Gasteiger partial charge in [-0.1, -0.05) is 0 Å². The summed E-state index contributed by atoms with van der Waals surface area (Å²) in [7, 11) is -1.46. The summed E-state index contributed by atoms with van der Waals surface area (Å²) in [6.45, 7) is 0.740. The highest BCUT2D eigenvalue weighted by atomic mass is 32.2. The maximum Gasteiger partial charge on any atom is 0.230 e. The lowest BCUT2D eigenvalue weighted by molar-refractivity contribution is -0.120. The fourth-order valence-corrected chi connectivity index (χ4v) is 3.08. The molecule has 0 saturated carbocycles. The third-order valence-corrected chi connectivity index (χ3v) is 4.46. The Morgan fingerprint density at radius 2 is 2.26 bits per heavy atom. The Labute approximate surface area is 112 Å². The predicted molar refractivity (Wildman–Crippen MR) is 71.0 cm³/mol. The molecule has 1 N–H and O–H groups in total. The molecule has 2 rings (SSSR count). The molecular weight excluding hydrogens is 268 g/mol. The molecule has 1 aliphatic rings. The first kappa shape index (κ1) is 14.0. The highest BCUT2D eigenvalue weighted by Crippen LogP contribution is 2.20. The number of nitrogens with zero attached hydrogens (tertiary/aromatic N) is 3. The van der Waals surface area contributed by atoms with E-state index in [1.54, 1.807) is 24.0 Å². The normalized spacial score (nSPS) is 21.3. The van der Waals surface area contributed by atoms with Crippen molar-refractivity contribution < 1.29 is 13.2 Å². The van der Waals surface area contributed by atoms with Crippen molar-refractivity contribution in [3.63, 3.8) is 0 Å². The second-order valence-electron chi connectivity index (χ2n) is 4.82. The van der Waals surface area contributed by atoms with Crippen molar-refractivity contribution >= 4 is 21.7 Å². The van der Waals surface area contributed by atoms with Gasteiger partial charge in [0.05, 0.1) is 12.2 Å². The van der Waals surface area contributed by atoms with Gasteiger partial charge in [-0.25, -0.2) is 12.7 Å². The van der Waals surface area contributed by atoms with E-state index in [4.69, 9.17) is 0 Å². The van der Waals surface area contributed by atoms with Crippen LogP contribution in [0.4, 0.5) is 5.82 Å². The number of carbonyl (C=O) groups excluding carboxylic acids is 1. The number of piperidine rings is 1. The Balaban J connectivity index is 1.99. The molecule has 8 heteroatoms. The van der Waals surface area contributed by atoms with E-state index in [2.05, 4.69) is 10.4 Å². The summed E-state index contributed by atoms with van der Waals surface area (Å²) in [6.07, 6.45) is 4.31. The van der Waals surface area contributed by atoms with Gasteiger partial charge in [0.2, 0.25) is 15.9 Å². The van der Waals surface area contributed by atoms with Gasteiger partial charge in [0.25, 0.3) is 0 Å². The van der Waals surface area contributed by atoms with E-state index in [0.717, 1.165) is 0 Å². The molecule has 0 spiro atoms. The first-order valence-corrected chi connectivity index (χ1v) is 7.97. The highest BCUT2D eigenvalue weighted by Gasteiger charge is 2.30. The molecule has 19 heavy (non-hydrogen) atoms. The van der Waals surface area contributed by atoms with Gasteiger partial charge in [0, 0.05) is 32.4 Å². The van der Waals surface area contributed by atoms with Crippen LogP contribution in [-0.2, 0) is 21.9 Å². The Morgan fingerprint density at radius 1 is 1.53 bits per heavy atom. The monoisotopic (exact) mass is 286 g/mol. The molecule has 1 fully saturated rings. The second-order valence-corrected chi connectivity index (χ2v) is 6.81. The third-order valence-electron chi connectivity index (χ3n) is 3.19. The maximum absolute atomic E-state index is 12.1. The zero-order valence-electron chi connectivity index (χ0n) is 11.0. The van der Waals surface area contributed by atoms with Crippen LogP contribution in [-0.4, -0.2) is 47.8 Å². The summed E-state index contributed by atoms with van der Waals surface area (Å²) < 4.78 is 25.9. The molecule has 1 amide bonds. The topological polar surface area (TPSA) is 84.3 Å². The molecule has 1 saturated heterocycles. The average Bonchev–Trinajstić information content (AvgIpc) is 2.74. The van der Waals surface area contributed by atoms with Crippen molar-refractivity contribution in [3.8, 4) is 0 Å². The number of amides is 1. The second kappa shape index (κ2) is 5.30. The molecule has 0 bridgehead atoms. The van der Waals surface area contributed by atoms with Gasteiger partial charge in [-0.3, -0.25) is 9.48 Å². The standard InChI is InChI=1S/C11H18N4O3S/c1-14-7-5-10(13-14)12-11(16)9-4-3-6-15(8-9)19(2,17)18/h5,7,9H,3-4,6,8H2,1-2H3,(H,12,13,16). The Hall–Kier alpha value is -1.41. The maximum atomic E-state index is 12.1. The minimum Gasteiger partial charge on any atom is -0.309 e. The van der Waals surface area contributed by atoms with Gasteiger partial charge < -0.3 is 5.32 Å². The van der Waals surface area contributed by atoms with E-state index in [1.807, 2.05) is 0 Å². The van der Waals surface area contributed by atoms with E-state index >= 15 is 0 Å². The molecular formula is C11H18N4O3S. The van der Waals surface area contributed by atoms with Gasteiger partial charge in [0.15, 0.2) is 5.82 Å². The van der Waals surface area contributed by atoms with Crippen LogP contribution in [0.5, 0.6) is 0 Å². The lowest BCUT2D eigenvalue weighted by Gasteiger charge is -2.29. The lowest BCUT2D eigenvalue weighted by atomic mass is 9.99. The number of hydrogen-bond donors (Lipinski definition) is 1. The summed E-state index contributed by atoms with van der Waals surface area (Å²) in [4.78, 5) is 12.1. The molecule has 2 heterocycles. The molecule has 1 unspecified atom stereocenters. The third kappa shape index (κ3) is 3.54. The van der Waals surface area contributed by atoms with Gasteiger partial charge in [0.1, 0.15) is 0 Å². The molecule has 0 radical (unpaired) electrons. The Kier molecular flexibility index (Phi) is 3.91. The molecule has 0 aliphatic carbocycles. The number of carbonyl (C=O) groups is 1. The molecule has 106 valence electrons. The first-order chi connectivity index (χ1) is 8.86. The van der Waals surface area contributed by atoms with Crippen LogP contribution in [0.1, 0.15) is 12.8 Å². The van der Waals surface area contributed by atoms with Crippen molar-refractivity contribution in [1.82, 2.24) is 14.1 Å². The number of aryl methyl sites for hydroxylation is 1. The van der Waals surface area contributed by atoms with Crippen molar-refractivity contribution in [2.75, 3.05) is 24.7 Å². The molecule has 1 atom stereocenters. The van der Waals surface area contributed by atoms with Crippen molar-refractivity contribution in [3.05, 3.63) is 12.3 Å². The van der Waals surface area contributed by atoms with Crippen molar-refractivity contribution in [2.24, 2.45) is 13.0 Å². The molecule has 1 aliphatic heterocycles. The number of rotatable bonds is 3. The highest BCUT2D eigenvalue weighted by molar-refractivity contribution is 7.88. The Morgan fingerprint density at radius 3 is 2.84 bits per heavy atom. The summed E-state index contributed by atoms with van der Waals surface area (Å²) >= 11 is 0. The van der Waals surface area contributed by atoms with Crippen molar-refractivity contribution in [1.29, 1.82) is 0 Å². The van der Waals surface area contributed by atoms with Crippen LogP contribution in [0, 0.1) is 5.92 Å². The molecule has 1 aromatic rings. The van der Waals surface area contributed by atoms with E-state index < -0.39 is 10.0 Å².